The van der Waals surface area contributed by atoms with E-state index in [-0.39, 0.29) is 6.04 Å². The number of aromatic nitrogens is 3. The number of methoxy groups -OCH3 is 1. The fourth-order valence-electron chi connectivity index (χ4n) is 4.22. The van der Waals surface area contributed by atoms with Crippen molar-refractivity contribution >= 4 is 32.8 Å². The van der Waals surface area contributed by atoms with E-state index < -0.39 is 0 Å². The molecule has 1 atom stereocenters. The number of thiophene rings is 1. The van der Waals surface area contributed by atoms with Gasteiger partial charge < -0.3 is 16.2 Å². The fraction of sp³-hybridized carbons (Fsp3) is 0.333. The predicted octanol–water partition coefficient (Wildman–Crippen LogP) is 3.04. The summed E-state index contributed by atoms with van der Waals surface area (Å²) in [4.78, 5) is 7.74. The number of ether oxygens (including phenoxy) is 1. The Labute approximate surface area is 172 Å². The number of nitrogens with two attached hydrogens (primary N) is 2. The van der Waals surface area contributed by atoms with Crippen molar-refractivity contribution in [2.24, 2.45) is 5.73 Å². The number of rotatable bonds is 4. The molecule has 1 fully saturated rings. The lowest BCUT2D eigenvalue weighted by atomic mass is 10.1. The first kappa shape index (κ1) is 18.4. The number of hydrogen-bond donors (Lipinski definition) is 2. The Hall–Kier alpha value is -2.68. The van der Waals surface area contributed by atoms with Crippen LogP contribution in [0.4, 0.5) is 5.82 Å². The molecule has 0 spiro atoms. The fourth-order valence-corrected chi connectivity index (χ4v) is 5.37. The van der Waals surface area contributed by atoms with Gasteiger partial charge in [-0.2, -0.15) is 5.10 Å². The molecule has 4 N–H and O–H groups in total. The summed E-state index contributed by atoms with van der Waals surface area (Å²) in [7, 11) is 1.71. The van der Waals surface area contributed by atoms with Gasteiger partial charge in [0.1, 0.15) is 17.6 Å². The van der Waals surface area contributed by atoms with E-state index in [2.05, 4.69) is 46.2 Å². The molecule has 0 saturated carbocycles. The van der Waals surface area contributed by atoms with Gasteiger partial charge in [-0.25, -0.2) is 9.50 Å². The number of nitrogen functional groups attached to an aromatic ring is 1. The van der Waals surface area contributed by atoms with Gasteiger partial charge in [0.05, 0.1) is 17.5 Å². The standard InChI is InChI=1S/C21H24N6OS/c1-12-5-13-7-18(29-20(13)17(6-12)28-2)16-8-15(10-26-4-3-14(22)9-26)27-19(16)21(23)24-11-25-27/h5-8,11,14H,3-4,9-10,22H2,1-2H3,(H2,23,24,25)/t14-/m0/s1. The highest BCUT2D eigenvalue weighted by molar-refractivity contribution is 7.22. The Morgan fingerprint density at radius 1 is 1.28 bits per heavy atom. The first-order valence-corrected chi connectivity index (χ1v) is 10.5. The smallest absolute Gasteiger partial charge is 0.152 e. The lowest BCUT2D eigenvalue weighted by Gasteiger charge is -2.14. The lowest BCUT2D eigenvalue weighted by molar-refractivity contribution is 0.320. The van der Waals surface area contributed by atoms with Crippen molar-refractivity contribution in [1.82, 2.24) is 19.5 Å². The zero-order valence-electron chi connectivity index (χ0n) is 16.6. The maximum Gasteiger partial charge on any atom is 0.152 e. The van der Waals surface area contributed by atoms with Crippen LogP contribution < -0.4 is 16.2 Å². The average molecular weight is 409 g/mol. The third-order valence-corrected chi connectivity index (χ3v) is 6.76. The molecule has 150 valence electrons. The predicted molar refractivity (Wildman–Crippen MR) is 117 cm³/mol. The molecule has 3 aromatic heterocycles. The molecule has 1 aromatic carbocycles. The van der Waals surface area contributed by atoms with E-state index in [1.807, 2.05) is 4.52 Å². The van der Waals surface area contributed by atoms with Crippen LogP contribution in [-0.2, 0) is 6.54 Å². The molecule has 1 aliphatic rings. The van der Waals surface area contributed by atoms with Gasteiger partial charge in [-0.3, -0.25) is 4.90 Å². The van der Waals surface area contributed by atoms with Gasteiger partial charge in [0, 0.05) is 36.1 Å². The van der Waals surface area contributed by atoms with E-state index in [0.717, 1.165) is 58.2 Å². The van der Waals surface area contributed by atoms with E-state index in [1.54, 1.807) is 18.4 Å². The third-order valence-electron chi connectivity index (χ3n) is 5.56. The Kier molecular flexibility index (Phi) is 4.42. The lowest BCUT2D eigenvalue weighted by Crippen LogP contribution is -2.26. The summed E-state index contributed by atoms with van der Waals surface area (Å²) in [6, 6.07) is 8.89. The van der Waals surface area contributed by atoms with Gasteiger partial charge >= 0.3 is 0 Å². The van der Waals surface area contributed by atoms with Crippen LogP contribution in [0.3, 0.4) is 0 Å². The van der Waals surface area contributed by atoms with Gasteiger partial charge in [-0.1, -0.05) is 6.07 Å². The molecule has 0 radical (unpaired) electrons. The van der Waals surface area contributed by atoms with Crippen LogP contribution in [0.1, 0.15) is 17.7 Å². The summed E-state index contributed by atoms with van der Waals surface area (Å²) in [5.41, 5.74) is 16.6. The minimum Gasteiger partial charge on any atom is -0.495 e. The largest absolute Gasteiger partial charge is 0.495 e. The average Bonchev–Trinajstić information content (AvgIpc) is 3.39. The van der Waals surface area contributed by atoms with Crippen molar-refractivity contribution in [2.75, 3.05) is 25.9 Å². The highest BCUT2D eigenvalue weighted by Crippen LogP contribution is 2.42. The third kappa shape index (κ3) is 3.13. The van der Waals surface area contributed by atoms with E-state index in [0.29, 0.717) is 5.82 Å². The second-order valence-electron chi connectivity index (χ2n) is 7.74. The van der Waals surface area contributed by atoms with E-state index >= 15 is 0 Å². The number of aryl methyl sites for hydroxylation is 1. The van der Waals surface area contributed by atoms with E-state index in [1.165, 1.54) is 17.3 Å². The van der Waals surface area contributed by atoms with Gasteiger partial charge in [-0.15, -0.1) is 11.3 Å². The number of benzene rings is 1. The minimum atomic E-state index is 0.249. The first-order chi connectivity index (χ1) is 14.0. The van der Waals surface area contributed by atoms with Crippen molar-refractivity contribution in [3.05, 3.63) is 41.9 Å². The summed E-state index contributed by atoms with van der Waals surface area (Å²) < 4.78 is 8.67. The maximum atomic E-state index is 6.29. The Morgan fingerprint density at radius 2 is 2.14 bits per heavy atom. The highest BCUT2D eigenvalue weighted by Gasteiger charge is 2.23. The molecule has 8 heteroatoms. The number of nitrogens with zero attached hydrogens (tertiary/aromatic N) is 4. The molecule has 0 aliphatic carbocycles. The van der Waals surface area contributed by atoms with E-state index in [4.69, 9.17) is 16.2 Å². The Bertz CT molecular complexity index is 1210. The Balaban J connectivity index is 1.66. The molecular weight excluding hydrogens is 384 g/mol. The minimum absolute atomic E-state index is 0.249. The molecular formula is C21H24N6OS. The van der Waals surface area contributed by atoms with Crippen molar-refractivity contribution in [3.63, 3.8) is 0 Å². The molecule has 1 saturated heterocycles. The van der Waals surface area contributed by atoms with Gasteiger partial charge in [-0.05, 0) is 42.5 Å². The molecule has 29 heavy (non-hydrogen) atoms. The van der Waals surface area contributed by atoms with Crippen LogP contribution in [-0.4, -0.2) is 45.7 Å². The maximum absolute atomic E-state index is 6.29. The van der Waals surface area contributed by atoms with Gasteiger partial charge in [0.25, 0.3) is 0 Å². The van der Waals surface area contributed by atoms with Crippen LogP contribution in [0.25, 0.3) is 26.0 Å². The van der Waals surface area contributed by atoms with Crippen molar-refractivity contribution in [3.8, 4) is 16.2 Å². The number of hydrogen-bond acceptors (Lipinski definition) is 7. The zero-order chi connectivity index (χ0) is 20.1. The normalized spacial score (nSPS) is 17.6. The summed E-state index contributed by atoms with van der Waals surface area (Å²) in [6.07, 6.45) is 2.55. The molecule has 0 bridgehead atoms. The van der Waals surface area contributed by atoms with E-state index in [9.17, 15) is 0 Å². The van der Waals surface area contributed by atoms with Crippen molar-refractivity contribution in [2.45, 2.75) is 25.9 Å². The zero-order valence-corrected chi connectivity index (χ0v) is 17.4. The van der Waals surface area contributed by atoms with Crippen molar-refractivity contribution in [1.29, 1.82) is 0 Å². The monoisotopic (exact) mass is 408 g/mol. The highest BCUT2D eigenvalue weighted by atomic mass is 32.1. The second kappa shape index (κ2) is 6.98. The summed E-state index contributed by atoms with van der Waals surface area (Å²) in [6.45, 7) is 4.78. The Morgan fingerprint density at radius 3 is 2.90 bits per heavy atom. The number of anilines is 1. The second-order valence-corrected chi connectivity index (χ2v) is 8.79. The van der Waals surface area contributed by atoms with Gasteiger partial charge in [0.15, 0.2) is 5.82 Å². The van der Waals surface area contributed by atoms with Crippen molar-refractivity contribution < 1.29 is 4.74 Å². The van der Waals surface area contributed by atoms with Crippen LogP contribution in [0.5, 0.6) is 5.75 Å². The summed E-state index contributed by atoms with van der Waals surface area (Å²) in [5.74, 6) is 1.38. The molecule has 7 nitrogen and oxygen atoms in total. The van der Waals surface area contributed by atoms with Crippen LogP contribution in [0, 0.1) is 6.92 Å². The molecule has 5 rings (SSSR count). The molecule has 0 unspecified atom stereocenters. The SMILES string of the molecule is COc1cc(C)cc2cc(-c3cc(CN4CC[C@H](N)C4)n4ncnc(N)c34)sc12. The molecule has 4 aromatic rings. The quantitative estimate of drug-likeness (QED) is 0.539. The summed E-state index contributed by atoms with van der Waals surface area (Å²) >= 11 is 1.71. The summed E-state index contributed by atoms with van der Waals surface area (Å²) in [5, 5.41) is 5.67. The van der Waals surface area contributed by atoms with Crippen LogP contribution in [0.2, 0.25) is 0 Å². The molecule has 0 amide bonds. The van der Waals surface area contributed by atoms with Crippen LogP contribution in [0.15, 0.2) is 30.6 Å². The number of fused-ring (bicyclic) bond motifs is 2. The topological polar surface area (TPSA) is 94.7 Å². The van der Waals surface area contributed by atoms with Gasteiger partial charge in [0.2, 0.25) is 0 Å². The van der Waals surface area contributed by atoms with Crippen LogP contribution >= 0.6 is 11.3 Å². The first-order valence-electron chi connectivity index (χ1n) is 9.71. The molecule has 1 aliphatic heterocycles. The molecule has 4 heterocycles. The number of likely N-dealkylation sites (tertiary alicyclic amines) is 1.